The first-order valence-corrected chi connectivity index (χ1v) is 8.22. The lowest BCUT2D eigenvalue weighted by Gasteiger charge is -2.09. The zero-order valence-corrected chi connectivity index (χ0v) is 14.6. The first kappa shape index (κ1) is 17.5. The number of amides is 1. The van der Waals surface area contributed by atoms with Gasteiger partial charge in [0.1, 0.15) is 11.6 Å². The monoisotopic (exact) mass is 350 g/mol. The van der Waals surface area contributed by atoms with Crippen molar-refractivity contribution in [2.24, 2.45) is 0 Å². The molecule has 0 bridgehead atoms. The van der Waals surface area contributed by atoms with Gasteiger partial charge in [-0.2, -0.15) is 0 Å². The summed E-state index contributed by atoms with van der Waals surface area (Å²) in [6.07, 6.45) is 0. The van der Waals surface area contributed by atoms with Gasteiger partial charge in [0, 0.05) is 17.8 Å². The quantitative estimate of drug-likeness (QED) is 0.727. The van der Waals surface area contributed by atoms with Gasteiger partial charge in [-0.05, 0) is 43.7 Å². The van der Waals surface area contributed by atoms with Crippen molar-refractivity contribution in [3.05, 3.63) is 82.8 Å². The minimum Gasteiger partial charge on any atom is -0.364 e. The molecule has 5 nitrogen and oxygen atoms in total. The van der Waals surface area contributed by atoms with Crippen LogP contribution in [-0.4, -0.2) is 16.1 Å². The largest absolute Gasteiger partial charge is 0.364 e. The number of anilines is 2. The van der Waals surface area contributed by atoms with Crippen molar-refractivity contribution in [2.45, 2.75) is 20.4 Å². The molecule has 0 atom stereocenters. The molecule has 0 radical (unpaired) electrons. The number of carbonyl (C=O) groups excluding carboxylic acids is 1. The van der Waals surface area contributed by atoms with Crippen molar-refractivity contribution >= 4 is 17.4 Å². The van der Waals surface area contributed by atoms with E-state index in [1.54, 1.807) is 30.3 Å². The summed E-state index contributed by atoms with van der Waals surface area (Å²) in [5.41, 5.74) is 3.59. The predicted octanol–water partition coefficient (Wildman–Crippen LogP) is 4.10. The first-order chi connectivity index (χ1) is 12.5. The number of benzene rings is 2. The summed E-state index contributed by atoms with van der Waals surface area (Å²) < 4.78 is 13.6. The molecule has 6 heteroatoms. The normalized spacial score (nSPS) is 10.4. The third kappa shape index (κ3) is 4.22. The lowest BCUT2D eigenvalue weighted by Crippen LogP contribution is -2.15. The SMILES string of the molecule is Cc1ccc(NC(=O)c2ccc(NCc3ccccc3F)nn2)c(C)c1. The second-order valence-electron chi connectivity index (χ2n) is 6.02. The third-order valence-electron chi connectivity index (χ3n) is 3.95. The van der Waals surface area contributed by atoms with Crippen molar-refractivity contribution in [1.82, 2.24) is 10.2 Å². The summed E-state index contributed by atoms with van der Waals surface area (Å²) in [5.74, 6) is -0.140. The number of nitrogens with zero attached hydrogens (tertiary/aromatic N) is 2. The van der Waals surface area contributed by atoms with E-state index in [1.165, 1.54) is 6.07 Å². The van der Waals surface area contributed by atoms with Gasteiger partial charge in [0.15, 0.2) is 5.69 Å². The molecule has 1 heterocycles. The number of rotatable bonds is 5. The Balaban J connectivity index is 1.63. The van der Waals surface area contributed by atoms with Crippen LogP contribution in [0.4, 0.5) is 15.9 Å². The lowest BCUT2D eigenvalue weighted by atomic mass is 10.1. The highest BCUT2D eigenvalue weighted by Gasteiger charge is 2.10. The fraction of sp³-hybridized carbons (Fsp3) is 0.150. The molecule has 2 N–H and O–H groups in total. The average molecular weight is 350 g/mol. The highest BCUT2D eigenvalue weighted by Crippen LogP contribution is 2.17. The van der Waals surface area contributed by atoms with Crippen LogP contribution >= 0.6 is 0 Å². The zero-order chi connectivity index (χ0) is 18.5. The molecule has 0 saturated heterocycles. The van der Waals surface area contributed by atoms with Crippen LogP contribution in [-0.2, 0) is 6.54 Å². The molecular formula is C20H19FN4O. The minimum absolute atomic E-state index is 0.210. The molecule has 0 aliphatic heterocycles. The van der Waals surface area contributed by atoms with Crippen LogP contribution in [0, 0.1) is 19.7 Å². The molecule has 1 amide bonds. The van der Waals surface area contributed by atoms with Crippen LogP contribution in [0.5, 0.6) is 0 Å². The summed E-state index contributed by atoms with van der Waals surface area (Å²) in [7, 11) is 0. The molecule has 26 heavy (non-hydrogen) atoms. The average Bonchev–Trinajstić information content (AvgIpc) is 2.64. The molecule has 0 aliphatic carbocycles. The second-order valence-corrected chi connectivity index (χ2v) is 6.02. The highest BCUT2D eigenvalue weighted by atomic mass is 19.1. The molecule has 132 valence electrons. The van der Waals surface area contributed by atoms with Gasteiger partial charge in [0.05, 0.1) is 0 Å². The van der Waals surface area contributed by atoms with E-state index in [9.17, 15) is 9.18 Å². The van der Waals surface area contributed by atoms with E-state index in [2.05, 4.69) is 20.8 Å². The van der Waals surface area contributed by atoms with E-state index in [1.807, 2.05) is 32.0 Å². The molecule has 3 rings (SSSR count). The van der Waals surface area contributed by atoms with Gasteiger partial charge in [0.25, 0.3) is 5.91 Å². The van der Waals surface area contributed by atoms with Crippen LogP contribution in [0.25, 0.3) is 0 Å². The fourth-order valence-corrected chi connectivity index (χ4v) is 2.52. The van der Waals surface area contributed by atoms with Crippen LogP contribution in [0.15, 0.2) is 54.6 Å². The third-order valence-corrected chi connectivity index (χ3v) is 3.95. The number of halogens is 1. The summed E-state index contributed by atoms with van der Waals surface area (Å²) >= 11 is 0. The number of hydrogen-bond acceptors (Lipinski definition) is 4. The predicted molar refractivity (Wildman–Crippen MR) is 99.6 cm³/mol. The molecule has 1 aromatic heterocycles. The van der Waals surface area contributed by atoms with Crippen molar-refractivity contribution in [1.29, 1.82) is 0 Å². The molecule has 3 aromatic rings. The van der Waals surface area contributed by atoms with E-state index >= 15 is 0 Å². The molecule has 0 saturated carbocycles. The van der Waals surface area contributed by atoms with E-state index in [0.717, 1.165) is 16.8 Å². The Hall–Kier alpha value is -3.28. The molecule has 0 spiro atoms. The van der Waals surface area contributed by atoms with E-state index in [0.29, 0.717) is 11.4 Å². The van der Waals surface area contributed by atoms with Crippen molar-refractivity contribution < 1.29 is 9.18 Å². The molecular weight excluding hydrogens is 331 g/mol. The molecule has 0 unspecified atom stereocenters. The van der Waals surface area contributed by atoms with Gasteiger partial charge in [-0.3, -0.25) is 4.79 Å². The van der Waals surface area contributed by atoms with Crippen LogP contribution < -0.4 is 10.6 Å². The Morgan fingerprint density at radius 1 is 1.04 bits per heavy atom. The smallest absolute Gasteiger partial charge is 0.276 e. The maximum atomic E-state index is 13.6. The van der Waals surface area contributed by atoms with Crippen molar-refractivity contribution in [2.75, 3.05) is 10.6 Å². The Bertz CT molecular complexity index is 925. The summed E-state index contributed by atoms with van der Waals surface area (Å²) in [5, 5.41) is 13.7. The second kappa shape index (κ2) is 7.74. The molecule has 2 aromatic carbocycles. The van der Waals surface area contributed by atoms with Crippen molar-refractivity contribution in [3.8, 4) is 0 Å². The minimum atomic E-state index is -0.329. The van der Waals surface area contributed by atoms with E-state index < -0.39 is 0 Å². The number of hydrogen-bond donors (Lipinski definition) is 2. The Labute approximate surface area is 151 Å². The van der Waals surface area contributed by atoms with E-state index in [-0.39, 0.29) is 24.0 Å². The first-order valence-electron chi connectivity index (χ1n) is 8.22. The highest BCUT2D eigenvalue weighted by molar-refractivity contribution is 6.03. The summed E-state index contributed by atoms with van der Waals surface area (Å²) in [6, 6.07) is 15.5. The lowest BCUT2D eigenvalue weighted by molar-refractivity contribution is 0.102. The van der Waals surface area contributed by atoms with Gasteiger partial charge in [-0.1, -0.05) is 35.9 Å². The number of aromatic nitrogens is 2. The Morgan fingerprint density at radius 3 is 2.54 bits per heavy atom. The number of nitrogens with one attached hydrogen (secondary N) is 2. The maximum absolute atomic E-state index is 13.6. The van der Waals surface area contributed by atoms with Gasteiger partial charge < -0.3 is 10.6 Å². The fourth-order valence-electron chi connectivity index (χ4n) is 2.52. The van der Waals surface area contributed by atoms with Gasteiger partial charge >= 0.3 is 0 Å². The maximum Gasteiger partial charge on any atom is 0.276 e. The summed E-state index contributed by atoms with van der Waals surface area (Å²) in [6.45, 7) is 4.22. The van der Waals surface area contributed by atoms with Gasteiger partial charge in [-0.15, -0.1) is 10.2 Å². The molecule has 0 fully saturated rings. The number of carbonyl (C=O) groups is 1. The zero-order valence-electron chi connectivity index (χ0n) is 14.6. The van der Waals surface area contributed by atoms with Crippen LogP contribution in [0.3, 0.4) is 0 Å². The Morgan fingerprint density at radius 2 is 1.85 bits per heavy atom. The standard InChI is InChI=1S/C20H19FN4O/c1-13-7-8-17(14(2)11-13)23-20(26)18-9-10-19(25-24-18)22-12-15-5-3-4-6-16(15)21/h3-11H,12H2,1-2H3,(H,22,25)(H,23,26). The van der Waals surface area contributed by atoms with Gasteiger partial charge in [0.2, 0.25) is 0 Å². The Kier molecular flexibility index (Phi) is 5.22. The topological polar surface area (TPSA) is 66.9 Å². The number of aryl methyl sites for hydroxylation is 2. The summed E-state index contributed by atoms with van der Waals surface area (Å²) in [4.78, 5) is 12.3. The van der Waals surface area contributed by atoms with Gasteiger partial charge in [-0.25, -0.2) is 4.39 Å². The van der Waals surface area contributed by atoms with E-state index in [4.69, 9.17) is 0 Å². The van der Waals surface area contributed by atoms with Crippen LogP contribution in [0.1, 0.15) is 27.2 Å². The molecule has 0 aliphatic rings. The van der Waals surface area contributed by atoms with Crippen molar-refractivity contribution in [3.63, 3.8) is 0 Å². The van der Waals surface area contributed by atoms with Crippen LogP contribution in [0.2, 0.25) is 0 Å².